The second-order valence-electron chi connectivity index (χ2n) is 3.66. The second-order valence-corrected chi connectivity index (χ2v) is 4.57. The summed E-state index contributed by atoms with van der Waals surface area (Å²) in [7, 11) is 1.29. The summed E-state index contributed by atoms with van der Waals surface area (Å²) < 4.78 is 5.30. The molecule has 7 heteroatoms. The van der Waals surface area contributed by atoms with Gasteiger partial charge in [0.1, 0.15) is 6.04 Å². The van der Waals surface area contributed by atoms with Gasteiger partial charge < -0.3 is 10.1 Å². The number of halogens is 1. The fourth-order valence-electron chi connectivity index (χ4n) is 1.40. The molecule has 0 fully saturated rings. The van der Waals surface area contributed by atoms with Crippen molar-refractivity contribution in [3.05, 3.63) is 38.3 Å². The van der Waals surface area contributed by atoms with Gasteiger partial charge in [-0.2, -0.15) is 0 Å². The fourth-order valence-corrected chi connectivity index (χ4v) is 1.81. The van der Waals surface area contributed by atoms with Crippen molar-refractivity contribution in [2.45, 2.75) is 19.5 Å². The minimum atomic E-state index is -0.520. The summed E-state index contributed by atoms with van der Waals surface area (Å²) in [6.07, 6.45) is 0. The largest absolute Gasteiger partial charge is 0.468 e. The van der Waals surface area contributed by atoms with Crippen LogP contribution in [0.2, 0.25) is 0 Å². The SMILES string of the molecule is COC(=O)[C@H](C)NCc1cc(Br)ccc1[N+](=O)[O-]. The Kier molecular flexibility index (Phi) is 5.24. The molecule has 0 saturated carbocycles. The summed E-state index contributed by atoms with van der Waals surface area (Å²) in [6.45, 7) is 1.85. The molecule has 1 N–H and O–H groups in total. The van der Waals surface area contributed by atoms with Crippen LogP contribution in [-0.2, 0) is 16.1 Å². The average molecular weight is 317 g/mol. The van der Waals surface area contributed by atoms with Crippen LogP contribution in [0.5, 0.6) is 0 Å². The maximum absolute atomic E-state index is 11.2. The van der Waals surface area contributed by atoms with Crippen molar-refractivity contribution >= 4 is 27.6 Å². The first-order valence-electron chi connectivity index (χ1n) is 5.19. The number of esters is 1. The Labute approximate surface area is 113 Å². The van der Waals surface area contributed by atoms with Gasteiger partial charge in [-0.05, 0) is 19.1 Å². The van der Waals surface area contributed by atoms with Gasteiger partial charge in [-0.25, -0.2) is 0 Å². The first-order valence-corrected chi connectivity index (χ1v) is 5.99. The van der Waals surface area contributed by atoms with Crippen molar-refractivity contribution in [2.75, 3.05) is 7.11 Å². The number of nitro groups is 1. The molecule has 0 bridgehead atoms. The Bertz CT molecular complexity index is 464. The lowest BCUT2D eigenvalue weighted by Gasteiger charge is -2.11. The number of rotatable bonds is 5. The van der Waals surface area contributed by atoms with Gasteiger partial charge in [0.05, 0.1) is 12.0 Å². The van der Waals surface area contributed by atoms with E-state index in [0.29, 0.717) is 5.56 Å². The van der Waals surface area contributed by atoms with E-state index in [0.717, 1.165) is 4.47 Å². The number of hydrogen-bond donors (Lipinski definition) is 1. The quantitative estimate of drug-likeness (QED) is 0.510. The van der Waals surface area contributed by atoms with Gasteiger partial charge in [0.15, 0.2) is 0 Å². The normalized spacial score (nSPS) is 11.9. The first-order chi connectivity index (χ1) is 8.45. The van der Waals surface area contributed by atoms with Gasteiger partial charge in [0, 0.05) is 22.6 Å². The Morgan fingerprint density at radius 1 is 1.61 bits per heavy atom. The van der Waals surface area contributed by atoms with Crippen LogP contribution in [0.1, 0.15) is 12.5 Å². The maximum atomic E-state index is 11.2. The molecule has 0 amide bonds. The van der Waals surface area contributed by atoms with Gasteiger partial charge in [-0.3, -0.25) is 14.9 Å². The molecule has 1 rings (SSSR count). The minimum Gasteiger partial charge on any atom is -0.468 e. The van der Waals surface area contributed by atoms with E-state index >= 15 is 0 Å². The standard InChI is InChI=1S/C11H13BrN2O4/c1-7(11(15)18-2)13-6-8-5-9(12)3-4-10(8)14(16)17/h3-5,7,13H,6H2,1-2H3/t7-/m0/s1. The number of methoxy groups -OCH3 is 1. The summed E-state index contributed by atoms with van der Waals surface area (Å²) in [4.78, 5) is 21.6. The number of nitro benzene ring substituents is 1. The average Bonchev–Trinajstić information content (AvgIpc) is 2.34. The minimum absolute atomic E-state index is 0.0164. The van der Waals surface area contributed by atoms with E-state index in [2.05, 4.69) is 26.0 Å². The van der Waals surface area contributed by atoms with Gasteiger partial charge >= 0.3 is 5.97 Å². The smallest absolute Gasteiger partial charge is 0.322 e. The van der Waals surface area contributed by atoms with E-state index in [1.54, 1.807) is 19.1 Å². The number of nitrogens with one attached hydrogen (secondary N) is 1. The van der Waals surface area contributed by atoms with Crippen LogP contribution in [0.3, 0.4) is 0 Å². The Balaban J connectivity index is 2.80. The Morgan fingerprint density at radius 2 is 2.28 bits per heavy atom. The third-order valence-corrected chi connectivity index (χ3v) is 2.88. The van der Waals surface area contributed by atoms with E-state index in [1.807, 2.05) is 0 Å². The number of ether oxygens (including phenoxy) is 1. The molecule has 0 spiro atoms. The zero-order valence-corrected chi connectivity index (χ0v) is 11.6. The molecular formula is C11H13BrN2O4. The van der Waals surface area contributed by atoms with Crippen LogP contribution in [0, 0.1) is 10.1 Å². The van der Waals surface area contributed by atoms with Crippen molar-refractivity contribution in [3.63, 3.8) is 0 Å². The van der Waals surface area contributed by atoms with Crippen molar-refractivity contribution < 1.29 is 14.5 Å². The second kappa shape index (κ2) is 6.46. The topological polar surface area (TPSA) is 81.5 Å². The highest BCUT2D eigenvalue weighted by molar-refractivity contribution is 9.10. The molecular weight excluding hydrogens is 304 g/mol. The number of hydrogen-bond acceptors (Lipinski definition) is 5. The molecule has 0 aliphatic rings. The van der Waals surface area contributed by atoms with Crippen molar-refractivity contribution in [3.8, 4) is 0 Å². The van der Waals surface area contributed by atoms with Crippen LogP contribution in [0.4, 0.5) is 5.69 Å². The lowest BCUT2D eigenvalue weighted by atomic mass is 10.1. The summed E-state index contributed by atoms with van der Waals surface area (Å²) in [5.41, 5.74) is 0.521. The Hall–Kier alpha value is -1.47. The van der Waals surface area contributed by atoms with Gasteiger partial charge in [-0.1, -0.05) is 15.9 Å². The molecule has 0 aliphatic heterocycles. The highest BCUT2D eigenvalue weighted by atomic mass is 79.9. The number of benzene rings is 1. The number of carbonyl (C=O) groups is 1. The molecule has 1 aromatic rings. The van der Waals surface area contributed by atoms with Gasteiger partial charge in [0.25, 0.3) is 5.69 Å². The van der Waals surface area contributed by atoms with Crippen molar-refractivity contribution in [1.82, 2.24) is 5.32 Å². The summed E-state index contributed by atoms with van der Waals surface area (Å²) in [6, 6.07) is 4.15. The van der Waals surface area contributed by atoms with Crippen LogP contribution in [0.25, 0.3) is 0 Å². The van der Waals surface area contributed by atoms with Crippen molar-refractivity contribution in [2.24, 2.45) is 0 Å². The van der Waals surface area contributed by atoms with Crippen LogP contribution < -0.4 is 5.32 Å². The van der Waals surface area contributed by atoms with Crippen LogP contribution in [-0.4, -0.2) is 24.0 Å². The number of nitrogens with zero attached hydrogens (tertiary/aromatic N) is 1. The molecule has 0 aliphatic carbocycles. The third-order valence-electron chi connectivity index (χ3n) is 2.39. The summed E-state index contributed by atoms with van der Waals surface area (Å²) in [5, 5.41) is 13.7. The van der Waals surface area contributed by atoms with E-state index in [1.165, 1.54) is 13.2 Å². The predicted molar refractivity (Wildman–Crippen MR) is 69.1 cm³/mol. The van der Waals surface area contributed by atoms with Crippen LogP contribution >= 0.6 is 15.9 Å². The van der Waals surface area contributed by atoms with E-state index in [4.69, 9.17) is 0 Å². The third kappa shape index (κ3) is 3.78. The zero-order chi connectivity index (χ0) is 13.7. The molecule has 0 saturated heterocycles. The molecule has 1 aromatic carbocycles. The highest BCUT2D eigenvalue weighted by Gasteiger charge is 2.17. The zero-order valence-electron chi connectivity index (χ0n) is 9.97. The predicted octanol–water partition coefficient (Wildman–Crippen LogP) is 2.01. The van der Waals surface area contributed by atoms with Crippen molar-refractivity contribution in [1.29, 1.82) is 0 Å². The fraction of sp³-hybridized carbons (Fsp3) is 0.364. The molecule has 0 aromatic heterocycles. The molecule has 98 valence electrons. The lowest BCUT2D eigenvalue weighted by molar-refractivity contribution is -0.385. The molecule has 1 atom stereocenters. The monoisotopic (exact) mass is 316 g/mol. The van der Waals surface area contributed by atoms with Gasteiger partial charge in [-0.15, -0.1) is 0 Å². The molecule has 0 heterocycles. The molecule has 0 unspecified atom stereocenters. The lowest BCUT2D eigenvalue weighted by Crippen LogP contribution is -2.34. The highest BCUT2D eigenvalue weighted by Crippen LogP contribution is 2.22. The van der Waals surface area contributed by atoms with E-state index in [-0.39, 0.29) is 12.2 Å². The molecule has 6 nitrogen and oxygen atoms in total. The first kappa shape index (κ1) is 14.6. The van der Waals surface area contributed by atoms with Gasteiger partial charge in [0.2, 0.25) is 0 Å². The number of carbonyl (C=O) groups excluding carboxylic acids is 1. The van der Waals surface area contributed by atoms with E-state index < -0.39 is 16.9 Å². The maximum Gasteiger partial charge on any atom is 0.322 e. The summed E-state index contributed by atoms with van der Waals surface area (Å²) in [5.74, 6) is -0.410. The summed E-state index contributed by atoms with van der Waals surface area (Å²) >= 11 is 3.25. The van der Waals surface area contributed by atoms with Crippen LogP contribution in [0.15, 0.2) is 22.7 Å². The van der Waals surface area contributed by atoms with E-state index in [9.17, 15) is 14.9 Å². The molecule has 18 heavy (non-hydrogen) atoms. The Morgan fingerprint density at radius 3 is 2.83 bits per heavy atom. The molecule has 0 radical (unpaired) electrons.